The molecule has 0 amide bonds. The van der Waals surface area contributed by atoms with E-state index in [4.69, 9.17) is 5.11 Å². The van der Waals surface area contributed by atoms with Gasteiger partial charge in [0.15, 0.2) is 0 Å². The highest BCUT2D eigenvalue weighted by Crippen LogP contribution is 2.11. The highest BCUT2D eigenvalue weighted by Gasteiger charge is 2.13. The largest absolute Gasteiger partial charge is 0.396 e. The van der Waals surface area contributed by atoms with E-state index in [1.165, 1.54) is 0 Å². The average molecular weight is 271 g/mol. The molecule has 0 aromatic heterocycles. The van der Waals surface area contributed by atoms with Gasteiger partial charge in [-0.3, -0.25) is 0 Å². The number of benzene rings is 1. The molecule has 0 aliphatic heterocycles. The topological polar surface area (TPSA) is 66.4 Å². The molecule has 0 atom stereocenters. The fourth-order valence-electron chi connectivity index (χ4n) is 1.53. The normalized spacial score (nSPS) is 12.0. The third-order valence-electron chi connectivity index (χ3n) is 2.65. The molecule has 4 nitrogen and oxygen atoms in total. The van der Waals surface area contributed by atoms with E-state index in [2.05, 4.69) is 18.6 Å². The van der Waals surface area contributed by atoms with Crippen LogP contribution in [-0.2, 0) is 16.4 Å². The lowest BCUT2D eigenvalue weighted by molar-refractivity contribution is 0.299. The number of rotatable bonds is 7. The smallest absolute Gasteiger partial charge is 0.240 e. The lowest BCUT2D eigenvalue weighted by Gasteiger charge is -2.08. The van der Waals surface area contributed by atoms with E-state index in [-0.39, 0.29) is 11.5 Å². The van der Waals surface area contributed by atoms with E-state index < -0.39 is 10.0 Å². The number of sulfonamides is 1. The van der Waals surface area contributed by atoms with Gasteiger partial charge in [0.2, 0.25) is 10.0 Å². The second-order valence-corrected chi connectivity index (χ2v) is 6.46. The van der Waals surface area contributed by atoms with E-state index in [0.29, 0.717) is 18.9 Å². The molecule has 2 N–H and O–H groups in total. The summed E-state index contributed by atoms with van der Waals surface area (Å²) < 4.78 is 26.4. The molecule has 1 rings (SSSR count). The van der Waals surface area contributed by atoms with Crippen LogP contribution in [0.3, 0.4) is 0 Å². The van der Waals surface area contributed by atoms with E-state index in [0.717, 1.165) is 12.0 Å². The Balaban J connectivity index is 2.67. The summed E-state index contributed by atoms with van der Waals surface area (Å²) in [5, 5.41) is 8.79. The van der Waals surface area contributed by atoms with Gasteiger partial charge < -0.3 is 5.11 Å². The molecule has 18 heavy (non-hydrogen) atoms. The minimum atomic E-state index is -3.40. The van der Waals surface area contributed by atoms with Crippen LogP contribution in [0.1, 0.15) is 25.8 Å². The van der Waals surface area contributed by atoms with E-state index in [9.17, 15) is 8.42 Å². The Bertz CT molecular complexity index is 452. The molecule has 102 valence electrons. The van der Waals surface area contributed by atoms with Gasteiger partial charge in [-0.1, -0.05) is 26.0 Å². The monoisotopic (exact) mass is 271 g/mol. The van der Waals surface area contributed by atoms with Crippen molar-refractivity contribution in [2.75, 3.05) is 13.2 Å². The van der Waals surface area contributed by atoms with E-state index in [1.807, 2.05) is 0 Å². The van der Waals surface area contributed by atoms with Crippen molar-refractivity contribution < 1.29 is 13.5 Å². The van der Waals surface area contributed by atoms with E-state index >= 15 is 0 Å². The van der Waals surface area contributed by atoms with Crippen molar-refractivity contribution in [2.24, 2.45) is 5.92 Å². The SMILES string of the molecule is CC(C)CCNS(=O)(=O)c1ccc(CCO)cc1. The molecular weight excluding hydrogens is 250 g/mol. The van der Waals surface area contributed by atoms with Crippen molar-refractivity contribution in [2.45, 2.75) is 31.6 Å². The van der Waals surface area contributed by atoms with Crippen molar-refractivity contribution >= 4 is 10.0 Å². The van der Waals surface area contributed by atoms with Crippen LogP contribution in [0, 0.1) is 5.92 Å². The van der Waals surface area contributed by atoms with Crippen molar-refractivity contribution in [3.63, 3.8) is 0 Å². The Morgan fingerprint density at radius 2 is 1.83 bits per heavy atom. The Labute approximate surface area is 109 Å². The number of nitrogens with one attached hydrogen (secondary N) is 1. The first-order valence-corrected chi connectivity index (χ1v) is 7.63. The number of hydrogen-bond donors (Lipinski definition) is 2. The van der Waals surface area contributed by atoms with Crippen molar-refractivity contribution in [1.29, 1.82) is 0 Å². The summed E-state index contributed by atoms with van der Waals surface area (Å²) in [4.78, 5) is 0.271. The summed E-state index contributed by atoms with van der Waals surface area (Å²) in [7, 11) is -3.40. The van der Waals surface area contributed by atoms with Gasteiger partial charge in [0, 0.05) is 13.2 Å². The van der Waals surface area contributed by atoms with Gasteiger partial charge in [-0.05, 0) is 36.5 Å². The van der Waals surface area contributed by atoms with Crippen molar-refractivity contribution in [3.05, 3.63) is 29.8 Å². The van der Waals surface area contributed by atoms with Crippen LogP contribution >= 0.6 is 0 Å². The molecule has 0 unspecified atom stereocenters. The Morgan fingerprint density at radius 3 is 2.33 bits per heavy atom. The number of aliphatic hydroxyl groups is 1. The maximum Gasteiger partial charge on any atom is 0.240 e. The molecule has 1 aromatic rings. The first-order chi connectivity index (χ1) is 8.45. The number of hydrogen-bond acceptors (Lipinski definition) is 3. The summed E-state index contributed by atoms with van der Waals surface area (Å²) >= 11 is 0. The summed E-state index contributed by atoms with van der Waals surface area (Å²) in [5.74, 6) is 0.472. The highest BCUT2D eigenvalue weighted by atomic mass is 32.2. The van der Waals surface area contributed by atoms with Gasteiger partial charge >= 0.3 is 0 Å². The minimum Gasteiger partial charge on any atom is -0.396 e. The Kier molecular flexibility index (Phi) is 5.78. The third kappa shape index (κ3) is 4.76. The number of aliphatic hydroxyl groups excluding tert-OH is 1. The Morgan fingerprint density at radius 1 is 1.22 bits per heavy atom. The summed E-state index contributed by atoms with van der Waals surface area (Å²) in [6.45, 7) is 4.63. The van der Waals surface area contributed by atoms with Crippen LogP contribution in [0.15, 0.2) is 29.2 Å². The van der Waals surface area contributed by atoms with Crippen LogP contribution in [-0.4, -0.2) is 26.7 Å². The predicted molar refractivity (Wildman–Crippen MR) is 71.9 cm³/mol. The molecule has 0 saturated heterocycles. The zero-order chi connectivity index (χ0) is 13.6. The lowest BCUT2D eigenvalue weighted by Crippen LogP contribution is -2.25. The molecule has 0 spiro atoms. The molecule has 0 bridgehead atoms. The van der Waals surface area contributed by atoms with Crippen LogP contribution in [0.2, 0.25) is 0 Å². The quantitative estimate of drug-likeness (QED) is 0.790. The zero-order valence-corrected chi connectivity index (χ0v) is 11.7. The molecule has 0 heterocycles. The molecule has 0 aliphatic carbocycles. The van der Waals surface area contributed by atoms with Crippen molar-refractivity contribution in [1.82, 2.24) is 4.72 Å². The van der Waals surface area contributed by atoms with Crippen LogP contribution in [0.4, 0.5) is 0 Å². The highest BCUT2D eigenvalue weighted by molar-refractivity contribution is 7.89. The van der Waals surface area contributed by atoms with Gasteiger partial charge in [-0.2, -0.15) is 0 Å². The van der Waals surface area contributed by atoms with Gasteiger partial charge in [0.1, 0.15) is 0 Å². The maximum atomic E-state index is 11.9. The maximum absolute atomic E-state index is 11.9. The van der Waals surface area contributed by atoms with E-state index in [1.54, 1.807) is 24.3 Å². The summed E-state index contributed by atoms with van der Waals surface area (Å²) in [6.07, 6.45) is 1.36. The second-order valence-electron chi connectivity index (χ2n) is 4.70. The molecule has 0 saturated carbocycles. The van der Waals surface area contributed by atoms with Crippen LogP contribution < -0.4 is 4.72 Å². The zero-order valence-electron chi connectivity index (χ0n) is 10.9. The molecule has 0 radical (unpaired) electrons. The minimum absolute atomic E-state index is 0.0682. The average Bonchev–Trinajstić information content (AvgIpc) is 2.29. The van der Waals surface area contributed by atoms with Crippen molar-refractivity contribution in [3.8, 4) is 0 Å². The van der Waals surface area contributed by atoms with Gasteiger partial charge in [0.25, 0.3) is 0 Å². The first-order valence-electron chi connectivity index (χ1n) is 6.15. The van der Waals surface area contributed by atoms with Gasteiger partial charge in [-0.15, -0.1) is 0 Å². The van der Waals surface area contributed by atoms with Gasteiger partial charge in [-0.25, -0.2) is 13.1 Å². The first kappa shape index (κ1) is 15.1. The molecule has 0 aliphatic rings. The Hall–Kier alpha value is -0.910. The fraction of sp³-hybridized carbons (Fsp3) is 0.538. The summed E-state index contributed by atoms with van der Waals surface area (Å²) in [6, 6.07) is 6.60. The fourth-order valence-corrected chi connectivity index (χ4v) is 2.58. The standard InChI is InChI=1S/C13H21NO3S/c1-11(2)7-9-14-18(16,17)13-5-3-12(4-6-13)8-10-15/h3-6,11,14-15H,7-10H2,1-2H3. The van der Waals surface area contributed by atoms with Crippen LogP contribution in [0.5, 0.6) is 0 Å². The third-order valence-corrected chi connectivity index (χ3v) is 4.12. The lowest BCUT2D eigenvalue weighted by atomic mass is 10.1. The molecule has 0 fully saturated rings. The second kappa shape index (κ2) is 6.87. The summed E-state index contributed by atoms with van der Waals surface area (Å²) in [5.41, 5.74) is 0.929. The molecule has 5 heteroatoms. The van der Waals surface area contributed by atoms with Gasteiger partial charge in [0.05, 0.1) is 4.90 Å². The molecule has 1 aromatic carbocycles. The molecular formula is C13H21NO3S. The predicted octanol–water partition coefficient (Wildman–Crippen LogP) is 1.55. The van der Waals surface area contributed by atoms with Crippen LogP contribution in [0.25, 0.3) is 0 Å².